The SMILES string of the molecule is CCC(F)(F)F.Cc1cccc2c1NC(=O)C(NC(=O)C(CCC(F)(F)F)CC(N)=O)N=C2c1cccc(Cl)c1. The van der Waals surface area contributed by atoms with E-state index in [0.717, 1.165) is 12.5 Å². The third-order valence-corrected chi connectivity index (χ3v) is 5.89. The van der Waals surface area contributed by atoms with Crippen LogP contribution in [0.25, 0.3) is 0 Å². The minimum atomic E-state index is -4.52. The number of anilines is 1. The predicted molar refractivity (Wildman–Crippen MR) is 138 cm³/mol. The molecule has 0 radical (unpaired) electrons. The van der Waals surface area contributed by atoms with Crippen molar-refractivity contribution >= 4 is 40.7 Å². The number of aliphatic imine (C=N–C) groups is 1. The number of alkyl halides is 6. The predicted octanol–water partition coefficient (Wildman–Crippen LogP) is 5.67. The maximum atomic E-state index is 12.9. The van der Waals surface area contributed by atoms with Crippen molar-refractivity contribution in [2.45, 2.75) is 58.0 Å². The third kappa shape index (κ3) is 10.2. The van der Waals surface area contributed by atoms with Gasteiger partial charge in [0, 0.05) is 41.3 Å². The Morgan fingerprint density at radius 2 is 1.73 bits per heavy atom. The van der Waals surface area contributed by atoms with Crippen LogP contribution in [0.4, 0.5) is 32.0 Å². The quantitative estimate of drug-likeness (QED) is 0.360. The highest BCUT2D eigenvalue weighted by Crippen LogP contribution is 2.29. The molecular weight excluding hydrogens is 566 g/mol. The van der Waals surface area contributed by atoms with Crippen LogP contribution in [0.15, 0.2) is 47.5 Å². The van der Waals surface area contributed by atoms with Gasteiger partial charge in [0.05, 0.1) is 11.4 Å². The van der Waals surface area contributed by atoms with Gasteiger partial charge in [-0.15, -0.1) is 0 Å². The van der Waals surface area contributed by atoms with E-state index < -0.39 is 67.8 Å². The Labute approximate surface area is 231 Å². The summed E-state index contributed by atoms with van der Waals surface area (Å²) < 4.78 is 70.5. The summed E-state index contributed by atoms with van der Waals surface area (Å²) in [4.78, 5) is 41.5. The van der Waals surface area contributed by atoms with E-state index in [9.17, 15) is 40.7 Å². The molecule has 1 heterocycles. The normalized spacial score (nSPS) is 15.9. The van der Waals surface area contributed by atoms with Crippen LogP contribution in [0.3, 0.4) is 0 Å². The summed E-state index contributed by atoms with van der Waals surface area (Å²) in [6.07, 6.45) is -13.2. The number of halogens is 7. The molecule has 2 atom stereocenters. The fraction of sp³-hybridized carbons (Fsp3) is 0.385. The van der Waals surface area contributed by atoms with E-state index in [2.05, 4.69) is 15.6 Å². The molecule has 0 bridgehead atoms. The Balaban J connectivity index is 0.000000840. The average Bonchev–Trinajstić information content (AvgIpc) is 2.98. The van der Waals surface area contributed by atoms with Gasteiger partial charge in [0.25, 0.3) is 5.91 Å². The molecule has 0 saturated heterocycles. The number of benzodiazepines with no additional fused rings is 1. The summed E-state index contributed by atoms with van der Waals surface area (Å²) in [5.74, 6) is -3.92. The highest BCUT2D eigenvalue weighted by Gasteiger charge is 2.34. The van der Waals surface area contributed by atoms with Crippen LogP contribution in [0.2, 0.25) is 5.02 Å². The van der Waals surface area contributed by atoms with Crippen molar-refractivity contribution in [2.24, 2.45) is 16.6 Å². The number of amides is 3. The first-order chi connectivity index (χ1) is 18.5. The Morgan fingerprint density at radius 1 is 1.10 bits per heavy atom. The molecule has 0 saturated carbocycles. The van der Waals surface area contributed by atoms with Gasteiger partial charge in [0.15, 0.2) is 0 Å². The number of hydrogen-bond acceptors (Lipinski definition) is 4. The van der Waals surface area contributed by atoms with Crippen LogP contribution in [0.1, 0.15) is 49.3 Å². The smallest absolute Gasteiger partial charge is 0.370 e. The lowest BCUT2D eigenvalue weighted by atomic mass is 9.97. The van der Waals surface area contributed by atoms with Gasteiger partial charge in [-0.05, 0) is 31.0 Å². The van der Waals surface area contributed by atoms with Gasteiger partial charge >= 0.3 is 12.4 Å². The number of fused-ring (bicyclic) bond motifs is 1. The van der Waals surface area contributed by atoms with Crippen molar-refractivity contribution in [3.8, 4) is 0 Å². The second-order valence-corrected chi connectivity index (χ2v) is 9.31. The molecule has 3 rings (SSSR count). The summed E-state index contributed by atoms with van der Waals surface area (Å²) in [5, 5.41) is 5.52. The first-order valence-corrected chi connectivity index (χ1v) is 12.3. The van der Waals surface area contributed by atoms with Crippen LogP contribution in [0.5, 0.6) is 0 Å². The zero-order valence-corrected chi connectivity index (χ0v) is 22.2. The number of carbonyl (C=O) groups excluding carboxylic acids is 3. The number of nitrogens with one attached hydrogen (secondary N) is 2. The first kappa shape index (κ1) is 32.6. The molecule has 4 N–H and O–H groups in total. The Bertz CT molecular complexity index is 1260. The van der Waals surface area contributed by atoms with E-state index in [0.29, 0.717) is 27.5 Å². The van der Waals surface area contributed by atoms with E-state index in [1.165, 1.54) is 0 Å². The fourth-order valence-corrected chi connectivity index (χ4v) is 3.79. The lowest BCUT2D eigenvalue weighted by Gasteiger charge is -2.19. The van der Waals surface area contributed by atoms with Crippen LogP contribution < -0.4 is 16.4 Å². The Morgan fingerprint density at radius 3 is 2.27 bits per heavy atom. The highest BCUT2D eigenvalue weighted by atomic mass is 35.5. The second-order valence-electron chi connectivity index (χ2n) is 8.88. The molecule has 2 unspecified atom stereocenters. The van der Waals surface area contributed by atoms with Gasteiger partial charge in [0.2, 0.25) is 18.0 Å². The molecule has 14 heteroatoms. The summed E-state index contributed by atoms with van der Waals surface area (Å²) in [6.45, 7) is 2.87. The van der Waals surface area contributed by atoms with Crippen molar-refractivity contribution in [1.29, 1.82) is 0 Å². The molecule has 2 aromatic rings. The summed E-state index contributed by atoms with van der Waals surface area (Å²) in [5.41, 5.74) is 7.85. The number of primary amides is 1. The molecule has 2 aromatic carbocycles. The molecule has 1 aliphatic heterocycles. The molecule has 0 aromatic heterocycles. The molecule has 0 spiro atoms. The van der Waals surface area contributed by atoms with Gasteiger partial charge in [-0.2, -0.15) is 26.3 Å². The average molecular weight is 593 g/mol. The van der Waals surface area contributed by atoms with Crippen molar-refractivity contribution in [3.63, 3.8) is 0 Å². The van der Waals surface area contributed by atoms with Crippen molar-refractivity contribution in [2.75, 3.05) is 5.32 Å². The van der Waals surface area contributed by atoms with E-state index in [1.807, 2.05) is 0 Å². The maximum absolute atomic E-state index is 12.9. The number of rotatable bonds is 7. The maximum Gasteiger partial charge on any atom is 0.389 e. The number of nitrogens with two attached hydrogens (primary N) is 1. The van der Waals surface area contributed by atoms with Gasteiger partial charge in [-0.25, -0.2) is 4.99 Å². The standard InChI is InChI=1S/C23H22ClF3N4O3.C3H5F3/c1-12-4-2-7-16-18(12)30-22(34)20(29-19(16)13-5-3-6-15(24)10-13)31-21(33)14(11-17(28)32)8-9-23(25,26)27;1-2-3(4,5)6/h2-7,10,14,20H,8-9,11H2,1H3,(H2,28,32)(H,30,34)(H,31,33);2H2,1H3. The molecule has 0 fully saturated rings. The number of benzene rings is 2. The van der Waals surface area contributed by atoms with E-state index in [1.54, 1.807) is 49.4 Å². The van der Waals surface area contributed by atoms with E-state index in [4.69, 9.17) is 17.3 Å². The number of hydrogen-bond donors (Lipinski definition) is 3. The minimum absolute atomic E-state index is 0.353. The topological polar surface area (TPSA) is 114 Å². The fourth-order valence-electron chi connectivity index (χ4n) is 3.60. The summed E-state index contributed by atoms with van der Waals surface area (Å²) in [7, 11) is 0. The number of nitrogens with zero attached hydrogens (tertiary/aromatic N) is 1. The van der Waals surface area contributed by atoms with Gasteiger partial charge in [0.1, 0.15) is 0 Å². The largest absolute Gasteiger partial charge is 0.389 e. The summed E-state index contributed by atoms with van der Waals surface area (Å²) >= 11 is 6.13. The molecule has 3 amide bonds. The van der Waals surface area contributed by atoms with Crippen LogP contribution in [0, 0.1) is 12.8 Å². The zero-order valence-electron chi connectivity index (χ0n) is 21.4. The highest BCUT2D eigenvalue weighted by molar-refractivity contribution is 6.31. The van der Waals surface area contributed by atoms with Gasteiger partial charge in [-0.1, -0.05) is 48.9 Å². The van der Waals surface area contributed by atoms with Gasteiger partial charge in [-0.3, -0.25) is 14.4 Å². The molecule has 1 aliphatic rings. The molecular formula is C26H27ClF6N4O3. The van der Waals surface area contributed by atoms with Gasteiger partial charge < -0.3 is 16.4 Å². The number of aryl methyl sites for hydroxylation is 1. The first-order valence-electron chi connectivity index (χ1n) is 12.0. The summed E-state index contributed by atoms with van der Waals surface area (Å²) in [6, 6.07) is 12.0. The molecule has 0 aliphatic carbocycles. The van der Waals surface area contributed by atoms with Crippen molar-refractivity contribution < 1.29 is 40.7 Å². The minimum Gasteiger partial charge on any atom is -0.370 e. The zero-order chi connectivity index (χ0) is 30.3. The second kappa shape index (κ2) is 13.6. The number of carbonyl (C=O) groups is 3. The molecule has 7 nitrogen and oxygen atoms in total. The van der Waals surface area contributed by atoms with Crippen molar-refractivity contribution in [1.82, 2.24) is 5.32 Å². The molecule has 40 heavy (non-hydrogen) atoms. The Kier molecular flexibility index (Phi) is 11.1. The lowest BCUT2D eigenvalue weighted by Crippen LogP contribution is -2.45. The van der Waals surface area contributed by atoms with E-state index >= 15 is 0 Å². The van der Waals surface area contributed by atoms with Crippen LogP contribution >= 0.6 is 11.6 Å². The van der Waals surface area contributed by atoms with E-state index in [-0.39, 0.29) is 0 Å². The van der Waals surface area contributed by atoms with Crippen LogP contribution in [-0.4, -0.2) is 42.0 Å². The monoisotopic (exact) mass is 592 g/mol. The van der Waals surface area contributed by atoms with Crippen LogP contribution in [-0.2, 0) is 14.4 Å². The lowest BCUT2D eigenvalue weighted by molar-refractivity contribution is -0.143. The van der Waals surface area contributed by atoms with Crippen molar-refractivity contribution in [3.05, 3.63) is 64.2 Å². The molecule has 218 valence electrons. The Hall–Kier alpha value is -3.61. The number of para-hydroxylation sites is 1. The third-order valence-electron chi connectivity index (χ3n) is 5.66.